The molecule has 0 aliphatic rings. The van der Waals surface area contributed by atoms with E-state index in [1.54, 1.807) is 12.1 Å². The number of carbonyl (C=O) groups excluding carboxylic acids is 2. The Bertz CT molecular complexity index is 1030. The van der Waals surface area contributed by atoms with Crippen molar-refractivity contribution in [2.45, 2.75) is 40.7 Å². The zero-order chi connectivity index (χ0) is 21.1. The molecule has 0 atom stereocenters. The van der Waals surface area contributed by atoms with Crippen LogP contribution in [0.5, 0.6) is 0 Å². The molecule has 2 amide bonds. The summed E-state index contributed by atoms with van der Waals surface area (Å²) < 4.78 is 2.14. The predicted molar refractivity (Wildman–Crippen MR) is 117 cm³/mol. The van der Waals surface area contributed by atoms with E-state index in [0.717, 1.165) is 22.6 Å². The fourth-order valence-corrected chi connectivity index (χ4v) is 3.33. The van der Waals surface area contributed by atoms with E-state index in [9.17, 15) is 9.59 Å². The number of nitrogens with zero attached hydrogens (tertiary/aromatic N) is 1. The van der Waals surface area contributed by atoms with Gasteiger partial charge in [0.05, 0.1) is 0 Å². The summed E-state index contributed by atoms with van der Waals surface area (Å²) in [6.45, 7) is 9.82. The summed E-state index contributed by atoms with van der Waals surface area (Å²) >= 11 is 0. The van der Waals surface area contributed by atoms with E-state index >= 15 is 0 Å². The van der Waals surface area contributed by atoms with Crippen molar-refractivity contribution >= 4 is 17.5 Å². The molecule has 0 aliphatic heterocycles. The van der Waals surface area contributed by atoms with Crippen molar-refractivity contribution < 1.29 is 9.59 Å². The molecule has 1 aromatic heterocycles. The monoisotopic (exact) mass is 389 g/mol. The van der Waals surface area contributed by atoms with Gasteiger partial charge in [-0.1, -0.05) is 6.07 Å². The van der Waals surface area contributed by atoms with Gasteiger partial charge in [0.2, 0.25) is 0 Å². The number of hydrogen-bond donors (Lipinski definition) is 2. The molecule has 0 aliphatic carbocycles. The van der Waals surface area contributed by atoms with Gasteiger partial charge in [0.1, 0.15) is 0 Å². The minimum atomic E-state index is -0.212. The van der Waals surface area contributed by atoms with Gasteiger partial charge in [-0.05, 0) is 88.7 Å². The number of aryl methyl sites for hydroxylation is 3. The van der Waals surface area contributed by atoms with Crippen LogP contribution in [0.15, 0.2) is 54.6 Å². The Morgan fingerprint density at radius 3 is 2.03 bits per heavy atom. The topological polar surface area (TPSA) is 63.1 Å². The lowest BCUT2D eigenvalue weighted by Crippen LogP contribution is -2.30. The average Bonchev–Trinajstić information content (AvgIpc) is 3.01. The van der Waals surface area contributed by atoms with Crippen LogP contribution in [0.1, 0.15) is 51.5 Å². The van der Waals surface area contributed by atoms with Gasteiger partial charge in [0, 0.05) is 39.9 Å². The summed E-state index contributed by atoms with van der Waals surface area (Å²) in [5.74, 6) is -0.355. The fraction of sp³-hybridized carbons (Fsp3) is 0.250. The van der Waals surface area contributed by atoms with E-state index < -0.39 is 0 Å². The Balaban J connectivity index is 1.78. The van der Waals surface area contributed by atoms with Gasteiger partial charge in [-0.25, -0.2) is 0 Å². The van der Waals surface area contributed by atoms with Gasteiger partial charge in [-0.15, -0.1) is 0 Å². The van der Waals surface area contributed by atoms with Gasteiger partial charge >= 0.3 is 0 Å². The van der Waals surface area contributed by atoms with Crippen LogP contribution in [0.4, 0.5) is 5.69 Å². The lowest BCUT2D eigenvalue weighted by atomic mass is 10.1. The van der Waals surface area contributed by atoms with Crippen molar-refractivity contribution in [2.24, 2.45) is 0 Å². The van der Waals surface area contributed by atoms with Crippen LogP contribution < -0.4 is 10.6 Å². The minimum absolute atomic E-state index is 0.0474. The second kappa shape index (κ2) is 8.35. The van der Waals surface area contributed by atoms with Crippen LogP contribution in [0.2, 0.25) is 0 Å². The number of rotatable bonds is 5. The third-order valence-electron chi connectivity index (χ3n) is 4.82. The standard InChI is InChI=1S/C24H27N3O2/c1-15(2)25-24(29)22-14-20(11-6-16(22)3)26-23(28)19-9-12-21(13-10-19)27-17(4)7-8-18(27)5/h6-15H,1-5H3,(H,25,29)(H,26,28). The van der Waals surface area contributed by atoms with Crippen LogP contribution in [-0.4, -0.2) is 22.4 Å². The number of anilines is 1. The zero-order valence-electron chi connectivity index (χ0n) is 17.5. The molecule has 0 saturated heterocycles. The third kappa shape index (κ3) is 4.57. The van der Waals surface area contributed by atoms with E-state index in [4.69, 9.17) is 0 Å². The Kier molecular flexibility index (Phi) is 5.87. The molecule has 29 heavy (non-hydrogen) atoms. The van der Waals surface area contributed by atoms with Crippen molar-refractivity contribution in [1.82, 2.24) is 9.88 Å². The molecule has 3 rings (SSSR count). The Morgan fingerprint density at radius 2 is 1.45 bits per heavy atom. The van der Waals surface area contributed by atoms with Crippen molar-refractivity contribution in [1.29, 1.82) is 0 Å². The highest BCUT2D eigenvalue weighted by atomic mass is 16.2. The summed E-state index contributed by atoms with van der Waals surface area (Å²) in [6.07, 6.45) is 0. The molecule has 0 spiro atoms. The second-order valence-corrected chi connectivity index (χ2v) is 7.61. The van der Waals surface area contributed by atoms with E-state index in [-0.39, 0.29) is 17.9 Å². The van der Waals surface area contributed by atoms with E-state index in [2.05, 4.69) is 41.2 Å². The normalized spacial score (nSPS) is 10.8. The molecule has 5 nitrogen and oxygen atoms in total. The van der Waals surface area contributed by atoms with Crippen LogP contribution in [0, 0.1) is 20.8 Å². The van der Waals surface area contributed by atoms with E-state index in [1.807, 2.05) is 51.1 Å². The maximum absolute atomic E-state index is 12.7. The van der Waals surface area contributed by atoms with Crippen LogP contribution in [-0.2, 0) is 0 Å². The van der Waals surface area contributed by atoms with Crippen molar-refractivity contribution in [3.05, 3.63) is 82.7 Å². The Morgan fingerprint density at radius 1 is 0.828 bits per heavy atom. The molecule has 0 unspecified atom stereocenters. The highest BCUT2D eigenvalue weighted by molar-refractivity contribution is 6.05. The maximum Gasteiger partial charge on any atom is 0.255 e. The quantitative estimate of drug-likeness (QED) is 0.659. The fourth-order valence-electron chi connectivity index (χ4n) is 3.33. The van der Waals surface area contributed by atoms with Crippen LogP contribution in [0.25, 0.3) is 5.69 Å². The molecule has 150 valence electrons. The van der Waals surface area contributed by atoms with Crippen molar-refractivity contribution in [2.75, 3.05) is 5.32 Å². The summed E-state index contributed by atoms with van der Waals surface area (Å²) in [7, 11) is 0. The average molecular weight is 389 g/mol. The SMILES string of the molecule is Cc1ccc(NC(=O)c2ccc(-n3c(C)ccc3C)cc2)cc1C(=O)NC(C)C. The maximum atomic E-state index is 12.7. The number of amides is 2. The number of nitrogens with one attached hydrogen (secondary N) is 2. The highest BCUT2D eigenvalue weighted by Crippen LogP contribution is 2.19. The summed E-state index contributed by atoms with van der Waals surface area (Å²) in [5, 5.41) is 5.77. The molecule has 0 saturated carbocycles. The largest absolute Gasteiger partial charge is 0.350 e. The first kappa shape index (κ1) is 20.4. The first-order valence-corrected chi connectivity index (χ1v) is 9.74. The van der Waals surface area contributed by atoms with Crippen molar-refractivity contribution in [3.63, 3.8) is 0 Å². The number of carbonyl (C=O) groups is 2. The molecular formula is C24H27N3O2. The summed E-state index contributed by atoms with van der Waals surface area (Å²) in [4.78, 5) is 25.0. The molecule has 2 N–H and O–H groups in total. The molecule has 5 heteroatoms. The second-order valence-electron chi connectivity index (χ2n) is 7.61. The molecule has 0 fully saturated rings. The predicted octanol–water partition coefficient (Wildman–Crippen LogP) is 4.79. The lowest BCUT2D eigenvalue weighted by Gasteiger charge is -2.13. The first-order valence-electron chi connectivity index (χ1n) is 9.74. The molecule has 1 heterocycles. The molecule has 2 aromatic carbocycles. The van der Waals surface area contributed by atoms with Gasteiger partial charge in [0.15, 0.2) is 0 Å². The van der Waals surface area contributed by atoms with E-state index in [0.29, 0.717) is 16.8 Å². The first-order chi connectivity index (χ1) is 13.8. The number of aromatic nitrogens is 1. The minimum Gasteiger partial charge on any atom is -0.350 e. The van der Waals surface area contributed by atoms with Gasteiger partial charge in [-0.2, -0.15) is 0 Å². The van der Waals surface area contributed by atoms with E-state index in [1.165, 1.54) is 0 Å². The van der Waals surface area contributed by atoms with Crippen LogP contribution >= 0.6 is 0 Å². The summed E-state index contributed by atoms with van der Waals surface area (Å²) in [5.41, 5.74) is 5.89. The highest BCUT2D eigenvalue weighted by Gasteiger charge is 2.13. The third-order valence-corrected chi connectivity index (χ3v) is 4.82. The summed E-state index contributed by atoms with van der Waals surface area (Å²) in [6, 6.07) is 17.0. The number of hydrogen-bond acceptors (Lipinski definition) is 2. The van der Waals surface area contributed by atoms with Gasteiger partial charge in [0.25, 0.3) is 11.8 Å². The van der Waals surface area contributed by atoms with Gasteiger partial charge in [-0.3, -0.25) is 9.59 Å². The van der Waals surface area contributed by atoms with Crippen LogP contribution in [0.3, 0.4) is 0 Å². The number of benzene rings is 2. The molecule has 0 bridgehead atoms. The Labute approximate surface area is 171 Å². The van der Waals surface area contributed by atoms with Gasteiger partial charge < -0.3 is 15.2 Å². The zero-order valence-corrected chi connectivity index (χ0v) is 17.5. The molecular weight excluding hydrogens is 362 g/mol. The van der Waals surface area contributed by atoms with Crippen molar-refractivity contribution in [3.8, 4) is 5.69 Å². The smallest absolute Gasteiger partial charge is 0.255 e. The Hall–Kier alpha value is -3.34. The molecule has 3 aromatic rings. The molecule has 0 radical (unpaired) electrons. The lowest BCUT2D eigenvalue weighted by molar-refractivity contribution is 0.0941.